The summed E-state index contributed by atoms with van der Waals surface area (Å²) in [4.78, 5) is 20.9. The second-order valence-electron chi connectivity index (χ2n) is 7.39. The normalized spacial score (nSPS) is 17.9. The number of fused-ring (bicyclic) bond motifs is 1. The Morgan fingerprint density at radius 1 is 1.09 bits per heavy atom. The van der Waals surface area contributed by atoms with Gasteiger partial charge in [-0.1, -0.05) is 45.0 Å². The number of anilines is 1. The predicted molar refractivity (Wildman–Crippen MR) is 91.7 cm³/mol. The van der Waals surface area contributed by atoms with Crippen LogP contribution in [0.1, 0.15) is 66.0 Å². The monoisotopic (exact) mass is 309 g/mol. The molecule has 1 atom stereocenters. The Kier molecular flexibility index (Phi) is 3.71. The summed E-state index contributed by atoms with van der Waals surface area (Å²) >= 11 is 0. The van der Waals surface area contributed by atoms with Crippen LogP contribution in [-0.4, -0.2) is 15.8 Å². The Morgan fingerprint density at radius 3 is 2.35 bits per heavy atom. The van der Waals surface area contributed by atoms with Crippen molar-refractivity contribution in [3.05, 3.63) is 52.3 Å². The van der Waals surface area contributed by atoms with E-state index < -0.39 is 0 Å². The molecule has 0 amide bonds. The molecule has 23 heavy (non-hydrogen) atoms. The number of hydrogen-bond acceptors (Lipinski definition) is 4. The van der Waals surface area contributed by atoms with Crippen LogP contribution in [0.3, 0.4) is 0 Å². The maximum atomic E-state index is 12.5. The minimum atomic E-state index is 0.119. The summed E-state index contributed by atoms with van der Waals surface area (Å²) in [5.41, 5.74) is 10.5. The van der Waals surface area contributed by atoms with Crippen LogP contribution in [0.4, 0.5) is 5.95 Å². The Labute approximate surface area is 137 Å². The lowest BCUT2D eigenvalue weighted by Gasteiger charge is -2.25. The molecule has 1 aliphatic carbocycles. The van der Waals surface area contributed by atoms with Crippen LogP contribution in [0.2, 0.25) is 0 Å². The quantitative estimate of drug-likeness (QED) is 0.874. The number of benzene rings is 1. The largest absolute Gasteiger partial charge is 0.368 e. The summed E-state index contributed by atoms with van der Waals surface area (Å²) in [7, 11) is 0. The number of nitrogen functional groups attached to an aromatic ring is 1. The van der Waals surface area contributed by atoms with Gasteiger partial charge >= 0.3 is 0 Å². The van der Waals surface area contributed by atoms with E-state index in [1.54, 1.807) is 0 Å². The topological polar surface area (TPSA) is 68.9 Å². The maximum absolute atomic E-state index is 12.5. The van der Waals surface area contributed by atoms with Crippen LogP contribution in [0.25, 0.3) is 0 Å². The number of carbonyl (C=O) groups excluding carboxylic acids is 1. The molecule has 1 aromatic heterocycles. The van der Waals surface area contributed by atoms with E-state index >= 15 is 0 Å². The molecule has 2 aromatic rings. The molecule has 0 unspecified atom stereocenters. The molecule has 4 nitrogen and oxygen atoms in total. The number of nitrogens with zero attached hydrogens (tertiary/aromatic N) is 2. The Morgan fingerprint density at radius 2 is 1.74 bits per heavy atom. The molecule has 1 heterocycles. The smallest absolute Gasteiger partial charge is 0.220 e. The Balaban J connectivity index is 1.93. The third-order valence-corrected chi connectivity index (χ3v) is 4.58. The Hall–Kier alpha value is -2.23. The van der Waals surface area contributed by atoms with Crippen molar-refractivity contribution in [2.45, 2.75) is 51.9 Å². The predicted octanol–water partition coefficient (Wildman–Crippen LogP) is 3.58. The molecule has 0 radical (unpaired) electrons. The van der Waals surface area contributed by atoms with Crippen LogP contribution >= 0.6 is 0 Å². The van der Waals surface area contributed by atoms with Crippen LogP contribution in [0.5, 0.6) is 0 Å². The molecule has 0 saturated carbocycles. The third-order valence-electron chi connectivity index (χ3n) is 4.58. The molecule has 3 rings (SSSR count). The molecule has 0 spiro atoms. The van der Waals surface area contributed by atoms with E-state index in [9.17, 15) is 4.79 Å². The van der Waals surface area contributed by atoms with Crippen molar-refractivity contribution in [2.24, 2.45) is 0 Å². The number of Topliss-reactive ketones (excluding diaryl/α,β-unsaturated/α-hetero) is 1. The molecule has 1 aliphatic rings. The van der Waals surface area contributed by atoms with Crippen molar-refractivity contribution in [1.29, 1.82) is 0 Å². The Bertz CT molecular complexity index is 757. The third kappa shape index (κ3) is 2.98. The molecule has 0 aliphatic heterocycles. The summed E-state index contributed by atoms with van der Waals surface area (Å²) in [6.07, 6.45) is 1.25. The van der Waals surface area contributed by atoms with Crippen LogP contribution in [0, 0.1) is 6.92 Å². The standard InChI is InChI=1S/C19H23N3O/c1-11-17-15(22-18(20)21-11)9-13(10-16(17)23)12-5-7-14(8-6-12)19(2,3)4/h5-8,13H,9-10H2,1-4H3,(H2,20,21,22)/t13-/m1/s1. The van der Waals surface area contributed by atoms with Crippen molar-refractivity contribution in [1.82, 2.24) is 9.97 Å². The summed E-state index contributed by atoms with van der Waals surface area (Å²) in [5, 5.41) is 0. The number of aromatic nitrogens is 2. The minimum Gasteiger partial charge on any atom is -0.368 e. The lowest BCUT2D eigenvalue weighted by molar-refractivity contribution is 0.0962. The number of ketones is 1. The van der Waals surface area contributed by atoms with Crippen LogP contribution in [0.15, 0.2) is 24.3 Å². The molecule has 4 heteroatoms. The van der Waals surface area contributed by atoms with Gasteiger partial charge in [0.2, 0.25) is 5.95 Å². The highest BCUT2D eigenvalue weighted by Crippen LogP contribution is 2.34. The zero-order valence-electron chi connectivity index (χ0n) is 14.2. The average molecular weight is 309 g/mol. The zero-order chi connectivity index (χ0) is 16.8. The van der Waals surface area contributed by atoms with Gasteiger partial charge in [0, 0.05) is 6.42 Å². The number of rotatable bonds is 1. The van der Waals surface area contributed by atoms with Gasteiger partial charge in [-0.25, -0.2) is 9.97 Å². The summed E-state index contributed by atoms with van der Waals surface area (Å²) in [6, 6.07) is 8.60. The number of nitrogens with two attached hydrogens (primary N) is 1. The minimum absolute atomic E-state index is 0.119. The second-order valence-corrected chi connectivity index (χ2v) is 7.39. The van der Waals surface area contributed by atoms with Crippen molar-refractivity contribution in [3.8, 4) is 0 Å². The second kappa shape index (κ2) is 5.44. The fourth-order valence-corrected chi connectivity index (χ4v) is 3.29. The molecule has 0 fully saturated rings. The van der Waals surface area contributed by atoms with Gasteiger partial charge in [-0.2, -0.15) is 0 Å². The van der Waals surface area contributed by atoms with Crippen molar-refractivity contribution in [3.63, 3.8) is 0 Å². The van der Waals surface area contributed by atoms with Crippen LogP contribution in [-0.2, 0) is 11.8 Å². The van der Waals surface area contributed by atoms with E-state index in [1.165, 1.54) is 11.1 Å². The van der Waals surface area contributed by atoms with Gasteiger partial charge in [0.15, 0.2) is 5.78 Å². The molecule has 0 bridgehead atoms. The van der Waals surface area contributed by atoms with Gasteiger partial charge in [-0.15, -0.1) is 0 Å². The first-order valence-electron chi connectivity index (χ1n) is 8.02. The molecule has 1 aromatic carbocycles. The molecular formula is C19H23N3O. The van der Waals surface area contributed by atoms with Crippen molar-refractivity contribution >= 4 is 11.7 Å². The van der Waals surface area contributed by atoms with Gasteiger partial charge in [0.25, 0.3) is 0 Å². The van der Waals surface area contributed by atoms with E-state index in [4.69, 9.17) is 5.73 Å². The molecule has 2 N–H and O–H groups in total. The lowest BCUT2D eigenvalue weighted by Crippen LogP contribution is -2.23. The fourth-order valence-electron chi connectivity index (χ4n) is 3.29. The van der Waals surface area contributed by atoms with E-state index in [0.29, 0.717) is 17.7 Å². The van der Waals surface area contributed by atoms with E-state index in [0.717, 1.165) is 12.1 Å². The number of aryl methyl sites for hydroxylation is 1. The van der Waals surface area contributed by atoms with E-state index in [1.807, 2.05) is 6.92 Å². The first-order chi connectivity index (χ1) is 10.8. The molecule has 120 valence electrons. The van der Waals surface area contributed by atoms with E-state index in [-0.39, 0.29) is 23.1 Å². The van der Waals surface area contributed by atoms with Gasteiger partial charge in [0.05, 0.1) is 17.0 Å². The summed E-state index contributed by atoms with van der Waals surface area (Å²) in [6.45, 7) is 8.42. The number of hydrogen-bond donors (Lipinski definition) is 1. The summed E-state index contributed by atoms with van der Waals surface area (Å²) in [5.74, 6) is 0.532. The average Bonchev–Trinajstić information content (AvgIpc) is 2.45. The first-order valence-corrected chi connectivity index (χ1v) is 8.02. The highest BCUT2D eigenvalue weighted by Gasteiger charge is 2.29. The van der Waals surface area contributed by atoms with Gasteiger partial charge in [0.1, 0.15) is 0 Å². The first kappa shape index (κ1) is 15.7. The van der Waals surface area contributed by atoms with Crippen molar-refractivity contribution in [2.75, 3.05) is 5.73 Å². The zero-order valence-corrected chi connectivity index (χ0v) is 14.2. The van der Waals surface area contributed by atoms with Gasteiger partial charge < -0.3 is 5.73 Å². The molecule has 0 saturated heterocycles. The maximum Gasteiger partial charge on any atom is 0.220 e. The SMILES string of the molecule is Cc1nc(N)nc2c1C(=O)C[C@H](c1ccc(C(C)(C)C)cc1)C2. The fraction of sp³-hybridized carbons (Fsp3) is 0.421. The van der Waals surface area contributed by atoms with Gasteiger partial charge in [-0.3, -0.25) is 4.79 Å². The van der Waals surface area contributed by atoms with Crippen molar-refractivity contribution < 1.29 is 4.79 Å². The van der Waals surface area contributed by atoms with Gasteiger partial charge in [-0.05, 0) is 35.8 Å². The lowest BCUT2D eigenvalue weighted by atomic mass is 9.79. The molecular weight excluding hydrogens is 286 g/mol. The highest BCUT2D eigenvalue weighted by molar-refractivity contribution is 5.99. The summed E-state index contributed by atoms with van der Waals surface area (Å²) < 4.78 is 0. The number of carbonyl (C=O) groups is 1. The van der Waals surface area contributed by atoms with E-state index in [2.05, 4.69) is 55.0 Å². The highest BCUT2D eigenvalue weighted by atomic mass is 16.1. The van der Waals surface area contributed by atoms with Crippen LogP contribution < -0.4 is 5.73 Å².